The van der Waals surface area contributed by atoms with Crippen molar-refractivity contribution < 1.29 is 4.74 Å². The molecule has 1 atom stereocenters. The molecule has 0 aliphatic carbocycles. The maximum Gasteiger partial charge on any atom is 0.124 e. The summed E-state index contributed by atoms with van der Waals surface area (Å²) < 4.78 is 6.05. The zero-order chi connectivity index (χ0) is 16.9. The zero-order valence-corrected chi connectivity index (χ0v) is 15.6. The van der Waals surface area contributed by atoms with E-state index in [1.54, 1.807) is 5.56 Å². The second kappa shape index (κ2) is 8.32. The lowest BCUT2D eigenvalue weighted by molar-refractivity contribution is 0.188. The number of benzene rings is 1. The number of rotatable bonds is 6. The lowest BCUT2D eigenvalue weighted by Gasteiger charge is -2.37. The summed E-state index contributed by atoms with van der Waals surface area (Å²) in [5.41, 5.74) is 4.41. The number of ether oxygens (including phenoxy) is 1. The minimum absolute atomic E-state index is 0.547. The van der Waals surface area contributed by atoms with Crippen molar-refractivity contribution in [3.63, 3.8) is 0 Å². The van der Waals surface area contributed by atoms with Gasteiger partial charge in [0.2, 0.25) is 0 Å². The normalized spacial score (nSPS) is 22.4. The monoisotopic (exact) mass is 331 g/mol. The topological polar surface area (TPSA) is 27.7 Å². The Kier molecular flexibility index (Phi) is 6.14. The van der Waals surface area contributed by atoms with Gasteiger partial charge in [0.25, 0.3) is 0 Å². The lowest BCUT2D eigenvalue weighted by atomic mass is 9.89. The van der Waals surface area contributed by atoms with Gasteiger partial charge in [0.05, 0.1) is 6.61 Å². The average Bonchev–Trinajstić information content (AvgIpc) is 2.62. The molecule has 1 unspecified atom stereocenters. The van der Waals surface area contributed by atoms with E-state index in [0.717, 1.165) is 51.6 Å². The Hall–Kier alpha value is -1.10. The quantitative estimate of drug-likeness (QED) is 0.867. The van der Waals surface area contributed by atoms with Gasteiger partial charge in [-0.25, -0.2) is 0 Å². The summed E-state index contributed by atoms with van der Waals surface area (Å²) in [7, 11) is 0. The molecule has 3 rings (SSSR count). The van der Waals surface area contributed by atoms with Crippen LogP contribution < -0.4 is 10.1 Å². The zero-order valence-electron chi connectivity index (χ0n) is 15.6. The van der Waals surface area contributed by atoms with Crippen molar-refractivity contribution in [3.05, 3.63) is 28.8 Å². The highest BCUT2D eigenvalue weighted by Crippen LogP contribution is 2.36. The first kappa shape index (κ1) is 17.7. The molecule has 134 valence electrons. The van der Waals surface area contributed by atoms with Gasteiger partial charge in [0, 0.05) is 50.9 Å². The van der Waals surface area contributed by atoms with Crippen molar-refractivity contribution in [2.45, 2.75) is 46.2 Å². The fourth-order valence-corrected chi connectivity index (χ4v) is 4.21. The van der Waals surface area contributed by atoms with Crippen molar-refractivity contribution >= 4 is 0 Å². The van der Waals surface area contributed by atoms with E-state index in [1.165, 1.54) is 30.5 Å². The molecule has 1 fully saturated rings. The largest absolute Gasteiger partial charge is 0.494 e. The van der Waals surface area contributed by atoms with Crippen molar-refractivity contribution in [1.29, 1.82) is 0 Å². The predicted octanol–water partition coefficient (Wildman–Crippen LogP) is 2.82. The van der Waals surface area contributed by atoms with Crippen molar-refractivity contribution in [3.8, 4) is 5.75 Å². The summed E-state index contributed by atoms with van der Waals surface area (Å²) in [5.74, 6) is 1.10. The van der Waals surface area contributed by atoms with Crippen LogP contribution >= 0.6 is 0 Å². The number of likely N-dealkylation sites (N-methyl/N-ethyl adjacent to an activating group) is 1. The third-order valence-electron chi connectivity index (χ3n) is 5.49. The Balaban J connectivity index is 1.89. The molecule has 2 aliphatic heterocycles. The molecule has 2 aliphatic rings. The number of hydrogen-bond acceptors (Lipinski definition) is 4. The van der Waals surface area contributed by atoms with Crippen LogP contribution in [0.5, 0.6) is 5.75 Å². The SMILES string of the molecule is CCOc1cc2c(cc1CN1CCNCC1)CCN(CC)C2CC. The van der Waals surface area contributed by atoms with E-state index < -0.39 is 0 Å². The van der Waals surface area contributed by atoms with Crippen LogP contribution in [0.4, 0.5) is 0 Å². The molecular formula is C20H33N3O. The van der Waals surface area contributed by atoms with E-state index >= 15 is 0 Å². The van der Waals surface area contributed by atoms with Crippen LogP contribution in [0.3, 0.4) is 0 Å². The Morgan fingerprint density at radius 3 is 2.58 bits per heavy atom. The van der Waals surface area contributed by atoms with E-state index in [1.807, 2.05) is 0 Å². The number of fused-ring (bicyclic) bond motifs is 1. The van der Waals surface area contributed by atoms with Gasteiger partial charge >= 0.3 is 0 Å². The molecule has 2 heterocycles. The second-order valence-corrected chi connectivity index (χ2v) is 6.92. The van der Waals surface area contributed by atoms with Gasteiger partial charge in [0.1, 0.15) is 5.75 Å². The van der Waals surface area contributed by atoms with Gasteiger partial charge < -0.3 is 10.1 Å². The van der Waals surface area contributed by atoms with Crippen LogP contribution in [0.2, 0.25) is 0 Å². The number of nitrogens with one attached hydrogen (secondary N) is 1. The Bertz CT molecular complexity index is 540. The van der Waals surface area contributed by atoms with Gasteiger partial charge in [-0.2, -0.15) is 0 Å². The van der Waals surface area contributed by atoms with Gasteiger partial charge in [-0.05, 0) is 43.5 Å². The molecule has 0 spiro atoms. The Morgan fingerprint density at radius 2 is 1.92 bits per heavy atom. The molecule has 1 aromatic carbocycles. The van der Waals surface area contributed by atoms with Gasteiger partial charge in [0.15, 0.2) is 0 Å². The first-order valence-corrected chi connectivity index (χ1v) is 9.72. The summed E-state index contributed by atoms with van der Waals surface area (Å²) in [5, 5.41) is 3.44. The van der Waals surface area contributed by atoms with E-state index in [2.05, 4.69) is 48.0 Å². The molecule has 0 radical (unpaired) electrons. The molecule has 0 amide bonds. The van der Waals surface area contributed by atoms with Gasteiger partial charge in [-0.3, -0.25) is 9.80 Å². The van der Waals surface area contributed by atoms with E-state index in [0.29, 0.717) is 6.04 Å². The predicted molar refractivity (Wildman–Crippen MR) is 99.7 cm³/mol. The number of piperazine rings is 1. The van der Waals surface area contributed by atoms with Crippen LogP contribution in [-0.4, -0.2) is 55.7 Å². The Morgan fingerprint density at radius 1 is 1.12 bits per heavy atom. The molecule has 4 heteroatoms. The van der Waals surface area contributed by atoms with Crippen LogP contribution in [-0.2, 0) is 13.0 Å². The summed E-state index contributed by atoms with van der Waals surface area (Å²) in [6, 6.07) is 5.34. The van der Waals surface area contributed by atoms with E-state index in [9.17, 15) is 0 Å². The van der Waals surface area contributed by atoms with Crippen LogP contribution in [0.15, 0.2) is 12.1 Å². The number of hydrogen-bond donors (Lipinski definition) is 1. The minimum atomic E-state index is 0.547. The second-order valence-electron chi connectivity index (χ2n) is 6.92. The summed E-state index contributed by atoms with van der Waals surface area (Å²) in [6.45, 7) is 15.2. The average molecular weight is 332 g/mol. The van der Waals surface area contributed by atoms with Crippen LogP contribution in [0, 0.1) is 0 Å². The van der Waals surface area contributed by atoms with Crippen LogP contribution in [0.25, 0.3) is 0 Å². The Labute approximate surface area is 147 Å². The molecular weight excluding hydrogens is 298 g/mol. The number of nitrogens with zero attached hydrogens (tertiary/aromatic N) is 2. The van der Waals surface area contributed by atoms with E-state index in [-0.39, 0.29) is 0 Å². The maximum absolute atomic E-state index is 6.05. The van der Waals surface area contributed by atoms with Crippen LogP contribution in [0.1, 0.15) is 49.9 Å². The third-order valence-corrected chi connectivity index (χ3v) is 5.49. The molecule has 1 N–H and O–H groups in total. The molecule has 0 bridgehead atoms. The highest BCUT2D eigenvalue weighted by molar-refractivity contribution is 5.45. The van der Waals surface area contributed by atoms with E-state index in [4.69, 9.17) is 4.74 Å². The highest BCUT2D eigenvalue weighted by Gasteiger charge is 2.27. The van der Waals surface area contributed by atoms with Gasteiger partial charge in [-0.1, -0.05) is 19.9 Å². The molecule has 1 aromatic rings. The smallest absolute Gasteiger partial charge is 0.124 e. The van der Waals surface area contributed by atoms with Crippen molar-refractivity contribution in [1.82, 2.24) is 15.1 Å². The molecule has 24 heavy (non-hydrogen) atoms. The van der Waals surface area contributed by atoms with Crippen molar-refractivity contribution in [2.24, 2.45) is 0 Å². The van der Waals surface area contributed by atoms with Gasteiger partial charge in [-0.15, -0.1) is 0 Å². The third kappa shape index (κ3) is 3.76. The first-order valence-electron chi connectivity index (χ1n) is 9.72. The van der Waals surface area contributed by atoms with Crippen molar-refractivity contribution in [2.75, 3.05) is 45.9 Å². The maximum atomic E-state index is 6.05. The molecule has 0 saturated carbocycles. The summed E-state index contributed by atoms with van der Waals surface area (Å²) in [6.07, 6.45) is 2.34. The molecule has 1 saturated heterocycles. The summed E-state index contributed by atoms with van der Waals surface area (Å²) >= 11 is 0. The highest BCUT2D eigenvalue weighted by atomic mass is 16.5. The fourth-order valence-electron chi connectivity index (χ4n) is 4.21. The lowest BCUT2D eigenvalue weighted by Crippen LogP contribution is -2.43. The standard InChI is InChI=1S/C20H33N3O/c1-4-19-18-14-20(24-6-3)17(15-22-11-8-21-9-12-22)13-16(18)7-10-23(19)5-2/h13-14,19,21H,4-12,15H2,1-3H3. The molecule has 4 nitrogen and oxygen atoms in total. The molecule has 0 aromatic heterocycles. The first-order chi connectivity index (χ1) is 11.8. The fraction of sp³-hybridized carbons (Fsp3) is 0.700. The minimum Gasteiger partial charge on any atom is -0.494 e. The summed E-state index contributed by atoms with van der Waals surface area (Å²) in [4.78, 5) is 5.15.